The molecule has 0 saturated carbocycles. The van der Waals surface area contributed by atoms with E-state index in [0.29, 0.717) is 0 Å². The van der Waals surface area contributed by atoms with Crippen LogP contribution in [0.15, 0.2) is 0 Å². The molecule has 0 aliphatic carbocycles. The Kier molecular flexibility index (Phi) is 13.7. The predicted molar refractivity (Wildman–Crippen MR) is 37.2 cm³/mol. The second-order valence-corrected chi connectivity index (χ2v) is 3.60. The molecule has 0 N–H and O–H groups in total. The summed E-state index contributed by atoms with van der Waals surface area (Å²) < 4.78 is 0. The Morgan fingerprint density at radius 2 is 1.50 bits per heavy atom. The first-order valence-electron chi connectivity index (χ1n) is 3.63. The van der Waals surface area contributed by atoms with Gasteiger partial charge >= 0.3 is 59.1 Å². The Morgan fingerprint density at radius 1 is 1.00 bits per heavy atom. The number of likely N-dealkylation sites (tertiary alicyclic amines) is 1. The topological polar surface area (TPSA) is 49.4 Å². The smallest absolute Gasteiger partial charge is 0.841 e. The van der Waals surface area contributed by atoms with Gasteiger partial charge in [0.25, 0.3) is 0 Å². The van der Waals surface area contributed by atoms with E-state index in [1.165, 1.54) is 6.42 Å². The number of hydrogen-bond acceptors (Lipinski definition) is 3. The van der Waals surface area contributed by atoms with Crippen LogP contribution in [0.25, 0.3) is 0 Å². The molecular weight excluding hydrogens is 195 g/mol. The molecule has 0 aromatic rings. The van der Waals surface area contributed by atoms with Crippen LogP contribution < -0.4 is 68.9 Å². The third kappa shape index (κ3) is 7.69. The van der Waals surface area contributed by atoms with Crippen LogP contribution in [0.5, 0.6) is 0 Å². The van der Waals surface area contributed by atoms with Crippen LogP contribution in [-0.4, -0.2) is 24.3 Å². The van der Waals surface area contributed by atoms with Crippen LogP contribution in [0.1, 0.15) is 19.3 Å². The molecule has 6 heteroatoms. The van der Waals surface area contributed by atoms with E-state index in [9.17, 15) is 9.79 Å². The number of piperidine rings is 1. The van der Waals surface area contributed by atoms with Crippen molar-refractivity contribution in [1.82, 2.24) is 4.90 Å². The van der Waals surface area contributed by atoms with Crippen molar-refractivity contribution >= 4 is 8.38 Å². The molecule has 60 valence electrons. The second kappa shape index (κ2) is 9.85. The van der Waals surface area contributed by atoms with Crippen molar-refractivity contribution in [3.05, 3.63) is 0 Å². The number of nitrogens with zero attached hydrogens (tertiary/aromatic N) is 1. The molecular formula is C6H12NNa2O2P. The maximum absolute atomic E-state index is 10.3. The van der Waals surface area contributed by atoms with Crippen molar-refractivity contribution in [2.24, 2.45) is 0 Å². The second-order valence-electron chi connectivity index (χ2n) is 2.65. The van der Waals surface area contributed by atoms with Crippen LogP contribution in [-0.2, 0) is 0 Å². The Labute approximate surface area is 119 Å². The molecule has 0 spiro atoms. The van der Waals surface area contributed by atoms with E-state index < -0.39 is 8.38 Å². The van der Waals surface area contributed by atoms with E-state index in [4.69, 9.17) is 0 Å². The Hall–Kier alpha value is 2.31. The first-order chi connectivity index (χ1) is 4.79. The summed E-state index contributed by atoms with van der Waals surface area (Å²) in [4.78, 5) is 22.5. The van der Waals surface area contributed by atoms with Crippen LogP contribution in [0, 0.1) is 0 Å². The van der Waals surface area contributed by atoms with Gasteiger partial charge in [-0.15, -0.1) is 0 Å². The van der Waals surface area contributed by atoms with Gasteiger partial charge in [0.2, 0.25) is 0 Å². The van der Waals surface area contributed by atoms with E-state index in [0.717, 1.165) is 25.9 Å². The molecule has 1 aliphatic heterocycles. The fourth-order valence-corrected chi connectivity index (χ4v) is 1.87. The zero-order valence-electron chi connectivity index (χ0n) is 7.95. The van der Waals surface area contributed by atoms with E-state index >= 15 is 0 Å². The molecule has 1 aliphatic rings. The molecule has 0 aromatic carbocycles. The molecule has 0 bridgehead atoms. The van der Waals surface area contributed by atoms with Gasteiger partial charge in [0.1, 0.15) is 0 Å². The minimum Gasteiger partial charge on any atom is -0.841 e. The normalized spacial score (nSPS) is 18.2. The van der Waals surface area contributed by atoms with Crippen molar-refractivity contribution in [2.45, 2.75) is 19.3 Å². The molecule has 1 saturated heterocycles. The van der Waals surface area contributed by atoms with Gasteiger partial charge in [0.05, 0.1) is 0 Å². The summed E-state index contributed by atoms with van der Waals surface area (Å²) in [6.45, 7) is 1.92. The molecule has 0 atom stereocenters. The summed E-state index contributed by atoms with van der Waals surface area (Å²) in [5, 5.41) is 0. The molecule has 1 fully saturated rings. The Bertz CT molecular complexity index is 102. The average molecular weight is 207 g/mol. The summed E-state index contributed by atoms with van der Waals surface area (Å²) in [6.07, 6.45) is 3.83. The van der Waals surface area contributed by atoms with Crippen molar-refractivity contribution < 1.29 is 68.9 Å². The van der Waals surface area contributed by atoms with E-state index in [1.54, 1.807) is 0 Å². The van der Waals surface area contributed by atoms with Crippen LogP contribution in [0.2, 0.25) is 0 Å². The molecule has 0 unspecified atom stereocenters. The standard InChI is InChI=1S/C6H12NO2P.2Na/c8-10(9)6-7-4-2-1-3-5-7;;/h1-6H2;;/q-2;2*+1. The first kappa shape index (κ1) is 16.7. The first-order valence-corrected chi connectivity index (χ1v) is 4.99. The van der Waals surface area contributed by atoms with Gasteiger partial charge in [-0.1, -0.05) is 6.42 Å². The average Bonchev–Trinajstić information content (AvgIpc) is 1.88. The zero-order chi connectivity index (χ0) is 7.40. The SMILES string of the molecule is [Na+].[Na+].[O-]P([O-])CN1CCCCC1. The van der Waals surface area contributed by atoms with Gasteiger partial charge in [-0.2, -0.15) is 0 Å². The molecule has 1 rings (SSSR count). The quantitative estimate of drug-likeness (QED) is 0.334. The fraction of sp³-hybridized carbons (Fsp3) is 1.00. The van der Waals surface area contributed by atoms with E-state index in [-0.39, 0.29) is 65.4 Å². The summed E-state index contributed by atoms with van der Waals surface area (Å²) in [5.74, 6) is 0. The fourth-order valence-electron chi connectivity index (χ4n) is 1.26. The third-order valence-corrected chi connectivity index (χ3v) is 2.40. The Morgan fingerprint density at radius 3 is 1.92 bits per heavy atom. The Balaban J connectivity index is 0. The van der Waals surface area contributed by atoms with Crippen LogP contribution >= 0.6 is 8.38 Å². The van der Waals surface area contributed by atoms with Gasteiger partial charge in [-0.05, 0) is 32.2 Å². The predicted octanol–water partition coefficient (Wildman–Crippen LogP) is -6.53. The summed E-state index contributed by atoms with van der Waals surface area (Å²) in [7, 11) is -2.20. The largest absolute Gasteiger partial charge is 1.00 e. The molecule has 0 amide bonds. The van der Waals surface area contributed by atoms with Gasteiger partial charge < -0.3 is 14.7 Å². The third-order valence-electron chi connectivity index (χ3n) is 1.76. The molecule has 1 heterocycles. The molecule has 12 heavy (non-hydrogen) atoms. The van der Waals surface area contributed by atoms with Gasteiger partial charge in [0.15, 0.2) is 0 Å². The summed E-state index contributed by atoms with van der Waals surface area (Å²) >= 11 is 0. The van der Waals surface area contributed by atoms with E-state index in [2.05, 4.69) is 0 Å². The zero-order valence-corrected chi connectivity index (χ0v) is 12.8. The molecule has 0 radical (unpaired) electrons. The molecule has 0 aromatic heterocycles. The van der Waals surface area contributed by atoms with Crippen molar-refractivity contribution in [3.63, 3.8) is 0 Å². The summed E-state index contributed by atoms with van der Waals surface area (Å²) in [5.41, 5.74) is 0. The van der Waals surface area contributed by atoms with Crippen LogP contribution in [0.3, 0.4) is 0 Å². The van der Waals surface area contributed by atoms with Gasteiger partial charge in [-0.3, -0.25) is 8.38 Å². The van der Waals surface area contributed by atoms with Gasteiger partial charge in [0, 0.05) is 0 Å². The van der Waals surface area contributed by atoms with Crippen LogP contribution in [0.4, 0.5) is 0 Å². The molecule has 3 nitrogen and oxygen atoms in total. The van der Waals surface area contributed by atoms with Crippen molar-refractivity contribution in [1.29, 1.82) is 0 Å². The number of rotatable bonds is 2. The summed E-state index contributed by atoms with van der Waals surface area (Å²) in [6, 6.07) is 0. The minimum atomic E-state index is -2.20. The maximum Gasteiger partial charge on any atom is 1.00 e. The number of hydrogen-bond donors (Lipinski definition) is 0. The van der Waals surface area contributed by atoms with E-state index in [1.807, 2.05) is 4.90 Å². The maximum atomic E-state index is 10.3. The van der Waals surface area contributed by atoms with Gasteiger partial charge in [-0.25, -0.2) is 0 Å². The van der Waals surface area contributed by atoms with Crippen molar-refractivity contribution in [2.75, 3.05) is 19.4 Å². The minimum absolute atomic E-state index is 0. The van der Waals surface area contributed by atoms with Crippen molar-refractivity contribution in [3.8, 4) is 0 Å². The monoisotopic (exact) mass is 207 g/mol.